The van der Waals surface area contributed by atoms with E-state index < -0.39 is 0 Å². The predicted octanol–water partition coefficient (Wildman–Crippen LogP) is 13.3. The highest BCUT2D eigenvalue weighted by Crippen LogP contribution is 2.53. The Morgan fingerprint density at radius 2 is 0.978 bits per heavy atom. The number of fused-ring (bicyclic) bond motifs is 8. The van der Waals surface area contributed by atoms with E-state index in [2.05, 4.69) is 152 Å². The van der Waals surface area contributed by atoms with Crippen LogP contribution >= 0.6 is 11.3 Å². The lowest BCUT2D eigenvalue weighted by molar-refractivity contribution is 0.669. The second-order valence-corrected chi connectivity index (χ2v) is 13.0. The summed E-state index contributed by atoms with van der Waals surface area (Å²) in [5.74, 6) is 0. The first kappa shape index (κ1) is 25.6. The molecule has 10 aromatic rings. The number of thiophene rings is 1. The molecule has 0 saturated carbocycles. The molecule has 214 valence electrons. The summed E-state index contributed by atoms with van der Waals surface area (Å²) < 4.78 is 7.63. The number of furan rings is 1. The van der Waals surface area contributed by atoms with E-state index in [4.69, 9.17) is 4.42 Å². The van der Waals surface area contributed by atoms with Crippen LogP contribution in [0.2, 0.25) is 0 Å². The summed E-state index contributed by atoms with van der Waals surface area (Å²) in [7, 11) is 0. The first-order chi connectivity index (χ1) is 22.8. The van der Waals surface area contributed by atoms with Crippen LogP contribution in [0.4, 0.5) is 0 Å². The molecule has 0 aliphatic heterocycles. The molecule has 0 amide bonds. The van der Waals surface area contributed by atoms with Crippen LogP contribution in [0.5, 0.6) is 0 Å². The first-order valence-corrected chi connectivity index (χ1v) is 16.5. The number of para-hydroxylation sites is 1. The van der Waals surface area contributed by atoms with E-state index >= 15 is 0 Å². The van der Waals surface area contributed by atoms with Gasteiger partial charge in [-0.1, -0.05) is 133 Å². The van der Waals surface area contributed by atoms with Crippen molar-refractivity contribution in [1.29, 1.82) is 0 Å². The van der Waals surface area contributed by atoms with E-state index in [1.54, 1.807) is 0 Å². The minimum Gasteiger partial charge on any atom is -0.456 e. The van der Waals surface area contributed by atoms with Crippen LogP contribution in [-0.2, 0) is 0 Å². The van der Waals surface area contributed by atoms with Crippen molar-refractivity contribution in [2.24, 2.45) is 0 Å². The SMILES string of the molecule is c1ccc(-c2c(-c3c4ccccc4c(-c4ccc5ccccc5c4)c4ccccc34)sc3c2ccc2oc4ccccc4c23)cc1. The fraction of sp³-hybridized carbons (Fsp3) is 0. The average Bonchev–Trinajstić information content (AvgIpc) is 3.69. The Labute approximate surface area is 269 Å². The zero-order valence-electron chi connectivity index (χ0n) is 24.8. The van der Waals surface area contributed by atoms with E-state index in [1.807, 2.05) is 17.4 Å². The Morgan fingerprint density at radius 1 is 0.370 bits per heavy atom. The Bertz CT molecular complexity index is 2740. The topological polar surface area (TPSA) is 13.1 Å². The lowest BCUT2D eigenvalue weighted by Crippen LogP contribution is -1.91. The van der Waals surface area contributed by atoms with Gasteiger partial charge in [0.2, 0.25) is 0 Å². The summed E-state index contributed by atoms with van der Waals surface area (Å²) >= 11 is 1.89. The average molecular weight is 603 g/mol. The summed E-state index contributed by atoms with van der Waals surface area (Å²) in [6.07, 6.45) is 0. The summed E-state index contributed by atoms with van der Waals surface area (Å²) in [5.41, 5.74) is 8.18. The summed E-state index contributed by atoms with van der Waals surface area (Å²) in [6.45, 7) is 0. The molecule has 0 bridgehead atoms. The molecule has 10 rings (SSSR count). The quantitative estimate of drug-likeness (QED) is 0.183. The molecule has 1 nitrogen and oxygen atoms in total. The van der Waals surface area contributed by atoms with Gasteiger partial charge in [-0.15, -0.1) is 11.3 Å². The molecule has 2 aromatic heterocycles. The third-order valence-electron chi connectivity index (χ3n) is 9.46. The van der Waals surface area contributed by atoms with Crippen molar-refractivity contribution in [3.63, 3.8) is 0 Å². The van der Waals surface area contributed by atoms with E-state index in [9.17, 15) is 0 Å². The molecule has 0 atom stereocenters. The smallest absolute Gasteiger partial charge is 0.136 e. The molecule has 0 N–H and O–H groups in total. The van der Waals surface area contributed by atoms with Crippen LogP contribution in [0.25, 0.3) is 97.0 Å². The normalized spacial score (nSPS) is 11.9. The van der Waals surface area contributed by atoms with Crippen LogP contribution in [0.3, 0.4) is 0 Å². The minimum atomic E-state index is 0.928. The molecule has 0 fully saturated rings. The highest BCUT2D eigenvalue weighted by atomic mass is 32.1. The van der Waals surface area contributed by atoms with Crippen LogP contribution in [-0.4, -0.2) is 0 Å². The van der Waals surface area contributed by atoms with Crippen molar-refractivity contribution >= 4 is 75.7 Å². The van der Waals surface area contributed by atoms with Crippen molar-refractivity contribution in [1.82, 2.24) is 0 Å². The van der Waals surface area contributed by atoms with Crippen LogP contribution in [0.15, 0.2) is 162 Å². The van der Waals surface area contributed by atoms with Crippen LogP contribution < -0.4 is 0 Å². The Hall–Kier alpha value is -5.70. The number of hydrogen-bond acceptors (Lipinski definition) is 2. The first-order valence-electron chi connectivity index (χ1n) is 15.7. The van der Waals surface area contributed by atoms with Crippen molar-refractivity contribution in [3.8, 4) is 32.7 Å². The lowest BCUT2D eigenvalue weighted by Gasteiger charge is -2.18. The molecule has 2 heterocycles. The van der Waals surface area contributed by atoms with Crippen LogP contribution in [0.1, 0.15) is 0 Å². The van der Waals surface area contributed by atoms with Gasteiger partial charge in [0.15, 0.2) is 0 Å². The van der Waals surface area contributed by atoms with E-state index in [0.717, 1.165) is 16.6 Å². The monoisotopic (exact) mass is 602 g/mol. The van der Waals surface area contributed by atoms with Crippen molar-refractivity contribution < 1.29 is 4.42 Å². The number of rotatable bonds is 3. The van der Waals surface area contributed by atoms with Gasteiger partial charge in [-0.3, -0.25) is 0 Å². The molecule has 0 unspecified atom stereocenters. The van der Waals surface area contributed by atoms with E-state index in [-0.39, 0.29) is 0 Å². The Morgan fingerprint density at radius 3 is 1.72 bits per heavy atom. The molecule has 0 spiro atoms. The van der Waals surface area contributed by atoms with Gasteiger partial charge in [0.05, 0.1) is 0 Å². The van der Waals surface area contributed by atoms with Gasteiger partial charge in [0.25, 0.3) is 0 Å². The molecule has 0 saturated heterocycles. The van der Waals surface area contributed by atoms with E-state index in [0.29, 0.717) is 0 Å². The van der Waals surface area contributed by atoms with Gasteiger partial charge >= 0.3 is 0 Å². The fourth-order valence-corrected chi connectivity index (χ4v) is 8.91. The van der Waals surface area contributed by atoms with Gasteiger partial charge in [-0.05, 0) is 73.3 Å². The summed E-state index contributed by atoms with van der Waals surface area (Å²) in [6, 6.07) is 57.1. The molecule has 0 aliphatic carbocycles. The Balaban J connectivity index is 1.38. The largest absolute Gasteiger partial charge is 0.456 e. The zero-order chi connectivity index (χ0) is 30.2. The molecule has 0 radical (unpaired) electrons. The maximum atomic E-state index is 6.36. The van der Waals surface area contributed by atoms with Crippen LogP contribution in [0, 0.1) is 0 Å². The molecular formula is C44H26OS. The predicted molar refractivity (Wildman–Crippen MR) is 198 cm³/mol. The maximum Gasteiger partial charge on any atom is 0.136 e. The third-order valence-corrected chi connectivity index (χ3v) is 10.7. The number of benzene rings is 8. The molecule has 2 heteroatoms. The maximum absolute atomic E-state index is 6.36. The van der Waals surface area contributed by atoms with Gasteiger partial charge < -0.3 is 4.42 Å². The van der Waals surface area contributed by atoms with Gasteiger partial charge in [0, 0.05) is 36.9 Å². The Kier molecular flexibility index (Phi) is 5.51. The standard InChI is InChI=1S/C44H26OS/c1-2-13-28(14-3-1)40-36-24-25-38-42(35-20-10-11-21-37(35)45-38)43(36)46-44(40)41-33-18-8-6-16-31(33)39(32-17-7-9-19-34(32)41)30-23-22-27-12-4-5-15-29(27)26-30/h1-26H. The zero-order valence-corrected chi connectivity index (χ0v) is 25.6. The van der Waals surface area contributed by atoms with Crippen molar-refractivity contribution in [2.75, 3.05) is 0 Å². The minimum absolute atomic E-state index is 0.928. The summed E-state index contributed by atoms with van der Waals surface area (Å²) in [5, 5.41) is 11.2. The third kappa shape index (κ3) is 3.68. The molecule has 8 aromatic carbocycles. The molecule has 46 heavy (non-hydrogen) atoms. The van der Waals surface area contributed by atoms with Crippen molar-refractivity contribution in [2.45, 2.75) is 0 Å². The fourth-order valence-electron chi connectivity index (χ4n) is 7.46. The van der Waals surface area contributed by atoms with E-state index in [1.165, 1.54) is 80.5 Å². The second kappa shape index (κ2) is 9.90. The lowest BCUT2D eigenvalue weighted by atomic mass is 9.86. The van der Waals surface area contributed by atoms with Gasteiger partial charge in [-0.25, -0.2) is 0 Å². The molecular weight excluding hydrogens is 577 g/mol. The van der Waals surface area contributed by atoms with Crippen molar-refractivity contribution in [3.05, 3.63) is 158 Å². The molecule has 0 aliphatic rings. The van der Waals surface area contributed by atoms with Gasteiger partial charge in [0.1, 0.15) is 11.2 Å². The number of hydrogen-bond donors (Lipinski definition) is 0. The highest BCUT2D eigenvalue weighted by molar-refractivity contribution is 7.24. The second-order valence-electron chi connectivity index (χ2n) is 12.0. The van der Waals surface area contributed by atoms with Gasteiger partial charge in [-0.2, -0.15) is 0 Å². The summed E-state index contributed by atoms with van der Waals surface area (Å²) in [4.78, 5) is 1.29. The highest BCUT2D eigenvalue weighted by Gasteiger charge is 2.24.